The van der Waals surface area contributed by atoms with Crippen LogP contribution in [-0.4, -0.2) is 47.3 Å². The predicted octanol–water partition coefficient (Wildman–Crippen LogP) is 2.78. The predicted molar refractivity (Wildman–Crippen MR) is 95.7 cm³/mol. The fourth-order valence-corrected chi connectivity index (χ4v) is 2.44. The van der Waals surface area contributed by atoms with E-state index in [1.807, 2.05) is 13.8 Å². The molecular weight excluding hydrogens is 344 g/mol. The summed E-state index contributed by atoms with van der Waals surface area (Å²) < 4.78 is 12.3. The van der Waals surface area contributed by atoms with E-state index < -0.39 is 0 Å². The van der Waals surface area contributed by atoms with Crippen molar-refractivity contribution in [1.29, 1.82) is 0 Å². The van der Waals surface area contributed by atoms with Crippen molar-refractivity contribution in [3.8, 4) is 11.4 Å². The van der Waals surface area contributed by atoms with Gasteiger partial charge in [0.15, 0.2) is 5.69 Å². The maximum absolute atomic E-state index is 12.3. The van der Waals surface area contributed by atoms with E-state index in [2.05, 4.69) is 15.6 Å². The standard InChI is InChI=1S/C17H23ClN4O3/c1-11(2)25-9-5-8-19-17(23)16-12(3)22(21-20-16)14-10-13(18)6-7-15(14)24-4/h6-7,10-11H,5,8-9H2,1-4H3,(H,19,23). The van der Waals surface area contributed by atoms with Crippen LogP contribution in [0, 0.1) is 6.92 Å². The molecule has 0 radical (unpaired) electrons. The van der Waals surface area contributed by atoms with Gasteiger partial charge in [0, 0.05) is 18.2 Å². The zero-order valence-electron chi connectivity index (χ0n) is 14.9. The summed E-state index contributed by atoms with van der Waals surface area (Å²) in [7, 11) is 1.56. The maximum atomic E-state index is 12.3. The average molecular weight is 367 g/mol. The van der Waals surface area contributed by atoms with Crippen LogP contribution in [0.15, 0.2) is 18.2 Å². The second-order valence-electron chi connectivity index (χ2n) is 5.78. The zero-order chi connectivity index (χ0) is 18.4. The number of nitrogens with zero attached hydrogens (tertiary/aromatic N) is 3. The van der Waals surface area contributed by atoms with Crippen LogP contribution in [-0.2, 0) is 4.74 Å². The van der Waals surface area contributed by atoms with Crippen molar-refractivity contribution in [3.63, 3.8) is 0 Å². The van der Waals surface area contributed by atoms with Crippen molar-refractivity contribution in [3.05, 3.63) is 34.6 Å². The van der Waals surface area contributed by atoms with Crippen molar-refractivity contribution in [1.82, 2.24) is 20.3 Å². The number of carbonyl (C=O) groups is 1. The largest absolute Gasteiger partial charge is 0.494 e. The molecule has 1 N–H and O–H groups in total. The zero-order valence-corrected chi connectivity index (χ0v) is 15.6. The van der Waals surface area contributed by atoms with Gasteiger partial charge in [-0.25, -0.2) is 4.68 Å². The molecule has 1 amide bonds. The van der Waals surface area contributed by atoms with Gasteiger partial charge in [-0.15, -0.1) is 5.10 Å². The molecule has 8 heteroatoms. The lowest BCUT2D eigenvalue weighted by Crippen LogP contribution is -2.26. The molecule has 0 unspecified atom stereocenters. The Morgan fingerprint density at radius 2 is 2.16 bits per heavy atom. The Labute approximate surface area is 152 Å². The van der Waals surface area contributed by atoms with Crippen LogP contribution in [0.2, 0.25) is 5.02 Å². The number of amides is 1. The summed E-state index contributed by atoms with van der Waals surface area (Å²) in [6.45, 7) is 6.84. The quantitative estimate of drug-likeness (QED) is 0.727. The van der Waals surface area contributed by atoms with E-state index in [4.69, 9.17) is 21.1 Å². The van der Waals surface area contributed by atoms with Crippen molar-refractivity contribution < 1.29 is 14.3 Å². The molecular formula is C17H23ClN4O3. The van der Waals surface area contributed by atoms with Gasteiger partial charge in [0.05, 0.1) is 18.9 Å². The van der Waals surface area contributed by atoms with Crippen LogP contribution in [0.1, 0.15) is 36.5 Å². The minimum Gasteiger partial charge on any atom is -0.494 e. The highest BCUT2D eigenvalue weighted by Gasteiger charge is 2.19. The summed E-state index contributed by atoms with van der Waals surface area (Å²) in [4.78, 5) is 12.3. The molecule has 1 aromatic carbocycles. The van der Waals surface area contributed by atoms with Crippen LogP contribution in [0.3, 0.4) is 0 Å². The Morgan fingerprint density at radius 3 is 2.84 bits per heavy atom. The van der Waals surface area contributed by atoms with E-state index >= 15 is 0 Å². The molecule has 0 saturated heterocycles. The number of nitrogens with one attached hydrogen (secondary N) is 1. The summed E-state index contributed by atoms with van der Waals surface area (Å²) in [5, 5.41) is 11.4. The number of benzene rings is 1. The highest BCUT2D eigenvalue weighted by Crippen LogP contribution is 2.27. The summed E-state index contributed by atoms with van der Waals surface area (Å²) in [6, 6.07) is 5.18. The molecule has 1 heterocycles. The molecule has 2 rings (SSSR count). The second-order valence-corrected chi connectivity index (χ2v) is 6.22. The summed E-state index contributed by atoms with van der Waals surface area (Å²) >= 11 is 6.06. The average Bonchev–Trinajstić information content (AvgIpc) is 2.95. The summed E-state index contributed by atoms with van der Waals surface area (Å²) in [5.74, 6) is 0.324. The van der Waals surface area contributed by atoms with Gasteiger partial charge in [-0.3, -0.25) is 4.79 Å². The van der Waals surface area contributed by atoms with Gasteiger partial charge in [-0.2, -0.15) is 0 Å². The molecule has 0 saturated carbocycles. The van der Waals surface area contributed by atoms with E-state index in [9.17, 15) is 4.79 Å². The number of hydrogen-bond acceptors (Lipinski definition) is 5. The van der Waals surface area contributed by atoms with Gasteiger partial charge in [0.2, 0.25) is 0 Å². The third-order valence-electron chi connectivity index (χ3n) is 3.54. The molecule has 0 atom stereocenters. The molecule has 0 aliphatic carbocycles. The molecule has 0 aliphatic heterocycles. The first-order valence-electron chi connectivity index (χ1n) is 8.10. The van der Waals surface area contributed by atoms with Crippen LogP contribution >= 0.6 is 11.6 Å². The molecule has 7 nitrogen and oxygen atoms in total. The number of halogens is 1. The van der Waals surface area contributed by atoms with Gasteiger partial charge < -0.3 is 14.8 Å². The van der Waals surface area contributed by atoms with Gasteiger partial charge in [0.1, 0.15) is 11.4 Å². The van der Waals surface area contributed by atoms with Gasteiger partial charge in [-0.1, -0.05) is 16.8 Å². The molecule has 1 aromatic heterocycles. The maximum Gasteiger partial charge on any atom is 0.273 e. The first-order chi connectivity index (χ1) is 11.9. The highest BCUT2D eigenvalue weighted by molar-refractivity contribution is 6.30. The van der Waals surface area contributed by atoms with Crippen LogP contribution in [0.25, 0.3) is 5.69 Å². The molecule has 136 valence electrons. The van der Waals surface area contributed by atoms with Gasteiger partial charge >= 0.3 is 0 Å². The topological polar surface area (TPSA) is 78.3 Å². The van der Waals surface area contributed by atoms with E-state index in [1.54, 1.807) is 36.9 Å². The Kier molecular flexibility index (Phi) is 6.78. The fraction of sp³-hybridized carbons (Fsp3) is 0.471. The Bertz CT molecular complexity index is 731. The first-order valence-corrected chi connectivity index (χ1v) is 8.47. The van der Waals surface area contributed by atoms with Crippen LogP contribution in [0.4, 0.5) is 0 Å². The van der Waals surface area contributed by atoms with E-state index in [0.29, 0.717) is 35.3 Å². The van der Waals surface area contributed by atoms with Crippen LogP contribution < -0.4 is 10.1 Å². The normalized spacial score (nSPS) is 11.0. The van der Waals surface area contributed by atoms with Gasteiger partial charge in [0.25, 0.3) is 5.91 Å². The molecule has 25 heavy (non-hydrogen) atoms. The number of rotatable bonds is 8. The first kappa shape index (κ1) is 19.2. The number of ether oxygens (including phenoxy) is 2. The molecule has 2 aromatic rings. The molecule has 0 spiro atoms. The minimum absolute atomic E-state index is 0.186. The number of aromatic nitrogens is 3. The number of carbonyl (C=O) groups excluding carboxylic acids is 1. The lowest BCUT2D eigenvalue weighted by atomic mass is 10.2. The van der Waals surface area contributed by atoms with Crippen molar-refractivity contribution in [2.75, 3.05) is 20.3 Å². The lowest BCUT2D eigenvalue weighted by molar-refractivity contribution is 0.0756. The number of methoxy groups -OCH3 is 1. The smallest absolute Gasteiger partial charge is 0.273 e. The Hall–Kier alpha value is -2.12. The second kappa shape index (κ2) is 8.82. The Balaban J connectivity index is 2.08. The van der Waals surface area contributed by atoms with Crippen LogP contribution in [0.5, 0.6) is 5.75 Å². The van der Waals surface area contributed by atoms with E-state index in [0.717, 1.165) is 6.42 Å². The molecule has 0 aliphatic rings. The third kappa shape index (κ3) is 4.93. The minimum atomic E-state index is -0.269. The summed E-state index contributed by atoms with van der Waals surface area (Å²) in [6.07, 6.45) is 0.921. The SMILES string of the molecule is COc1ccc(Cl)cc1-n1nnc(C(=O)NCCCOC(C)C)c1C. The van der Waals surface area contributed by atoms with Crippen molar-refractivity contribution in [2.45, 2.75) is 33.3 Å². The third-order valence-corrected chi connectivity index (χ3v) is 3.77. The molecule has 0 fully saturated rings. The monoisotopic (exact) mass is 366 g/mol. The fourth-order valence-electron chi connectivity index (χ4n) is 2.27. The highest BCUT2D eigenvalue weighted by atomic mass is 35.5. The van der Waals surface area contributed by atoms with E-state index in [1.165, 1.54) is 0 Å². The van der Waals surface area contributed by atoms with Crippen molar-refractivity contribution in [2.24, 2.45) is 0 Å². The van der Waals surface area contributed by atoms with Crippen molar-refractivity contribution >= 4 is 17.5 Å². The lowest BCUT2D eigenvalue weighted by Gasteiger charge is -2.10. The van der Waals surface area contributed by atoms with E-state index in [-0.39, 0.29) is 17.7 Å². The number of hydrogen-bond donors (Lipinski definition) is 1. The van der Waals surface area contributed by atoms with Gasteiger partial charge in [-0.05, 0) is 45.4 Å². The summed E-state index contributed by atoms with van der Waals surface area (Å²) in [5.41, 5.74) is 1.51. The molecule has 0 bridgehead atoms. The Morgan fingerprint density at radius 1 is 1.40 bits per heavy atom.